The van der Waals surface area contributed by atoms with Crippen molar-refractivity contribution >= 4 is 10.8 Å². The van der Waals surface area contributed by atoms with E-state index in [1.54, 1.807) is 12.1 Å². The molecule has 0 amide bonds. The normalized spacial score (nSPS) is 18.6. The van der Waals surface area contributed by atoms with Gasteiger partial charge in [0.15, 0.2) is 6.29 Å². The van der Waals surface area contributed by atoms with Crippen molar-refractivity contribution < 1.29 is 18.3 Å². The summed E-state index contributed by atoms with van der Waals surface area (Å²) in [7, 11) is 0. The summed E-state index contributed by atoms with van der Waals surface area (Å²) in [5.41, 5.74) is 2.86. The van der Waals surface area contributed by atoms with Gasteiger partial charge in [0.1, 0.15) is 11.6 Å². The first-order chi connectivity index (χ1) is 16.1. The maximum Gasteiger partial charge on any atom is 0.157 e. The predicted molar refractivity (Wildman–Crippen MR) is 129 cm³/mol. The van der Waals surface area contributed by atoms with Gasteiger partial charge in [0, 0.05) is 17.7 Å². The Labute approximate surface area is 195 Å². The lowest BCUT2D eigenvalue weighted by Crippen LogP contribution is -2.32. The van der Waals surface area contributed by atoms with E-state index in [1.165, 1.54) is 43.4 Å². The topological polar surface area (TPSA) is 18.5 Å². The third-order valence-corrected chi connectivity index (χ3v) is 6.62. The molecule has 0 unspecified atom stereocenters. The summed E-state index contributed by atoms with van der Waals surface area (Å²) >= 11 is 0. The summed E-state index contributed by atoms with van der Waals surface area (Å²) in [6.45, 7) is 3.80. The zero-order chi connectivity index (χ0) is 23.0. The van der Waals surface area contributed by atoms with Gasteiger partial charge in [0.2, 0.25) is 0 Å². The molecule has 0 aliphatic carbocycles. The Morgan fingerprint density at radius 3 is 2.30 bits per heavy atom. The highest BCUT2D eigenvalue weighted by Gasteiger charge is 2.21. The number of hydrogen-bond acceptors (Lipinski definition) is 2. The Balaban J connectivity index is 1.30. The van der Waals surface area contributed by atoms with Crippen LogP contribution in [0.25, 0.3) is 10.8 Å². The van der Waals surface area contributed by atoms with Crippen LogP contribution in [0, 0.1) is 17.6 Å². The van der Waals surface area contributed by atoms with Gasteiger partial charge in [0.25, 0.3) is 0 Å². The van der Waals surface area contributed by atoms with Crippen molar-refractivity contribution in [2.24, 2.45) is 5.92 Å². The lowest BCUT2D eigenvalue weighted by Gasteiger charge is -2.29. The van der Waals surface area contributed by atoms with E-state index in [0.717, 1.165) is 37.0 Å². The molecule has 4 rings (SSSR count). The van der Waals surface area contributed by atoms with Crippen molar-refractivity contribution in [3.05, 3.63) is 82.9 Å². The van der Waals surface area contributed by atoms with Crippen LogP contribution < -0.4 is 0 Å². The van der Waals surface area contributed by atoms with Crippen LogP contribution in [-0.4, -0.2) is 19.5 Å². The third kappa shape index (κ3) is 6.61. The fraction of sp³-hybridized carbons (Fsp3) is 0.448. The first kappa shape index (κ1) is 23.8. The first-order valence-corrected chi connectivity index (χ1v) is 12.3. The van der Waals surface area contributed by atoms with Crippen molar-refractivity contribution in [1.82, 2.24) is 0 Å². The number of hydrogen-bond donors (Lipinski definition) is 0. The molecule has 0 atom stereocenters. The average molecular weight is 453 g/mol. The van der Waals surface area contributed by atoms with Gasteiger partial charge in [-0.25, -0.2) is 8.78 Å². The van der Waals surface area contributed by atoms with Gasteiger partial charge in [-0.05, 0) is 59.9 Å². The molecule has 3 aromatic rings. The minimum absolute atomic E-state index is 0.145. The molecule has 33 heavy (non-hydrogen) atoms. The molecule has 0 saturated carbocycles. The minimum Gasteiger partial charge on any atom is -0.352 e. The standard InChI is InChI=1S/C29H34F2O2/c1-2-3-4-5-23-19-32-28(33-20-23)17-10-22-9-16-27-25(18-22)13-12-24(29(27)31)11-6-21-7-14-26(30)15-8-21/h7-9,12-16,18,23,28H,2-6,10-11,17,19-20H2,1H3. The number of fused-ring (bicyclic) bond motifs is 1. The zero-order valence-electron chi connectivity index (χ0n) is 19.5. The van der Waals surface area contributed by atoms with E-state index in [9.17, 15) is 4.39 Å². The molecular formula is C29H34F2O2. The number of aryl methyl sites for hydroxylation is 3. The van der Waals surface area contributed by atoms with Gasteiger partial charge in [-0.2, -0.15) is 0 Å². The van der Waals surface area contributed by atoms with Crippen molar-refractivity contribution in [3.8, 4) is 0 Å². The molecule has 1 aliphatic rings. The largest absolute Gasteiger partial charge is 0.352 e. The van der Waals surface area contributed by atoms with Gasteiger partial charge >= 0.3 is 0 Å². The number of halogens is 2. The highest BCUT2D eigenvalue weighted by atomic mass is 19.1. The van der Waals surface area contributed by atoms with Crippen LogP contribution in [0.15, 0.2) is 54.6 Å². The molecule has 0 N–H and O–H groups in total. The molecule has 1 fully saturated rings. The number of ether oxygens (including phenoxy) is 2. The van der Waals surface area contributed by atoms with E-state index in [0.29, 0.717) is 29.7 Å². The van der Waals surface area contributed by atoms with E-state index in [1.807, 2.05) is 24.3 Å². The van der Waals surface area contributed by atoms with E-state index in [-0.39, 0.29) is 17.9 Å². The highest BCUT2D eigenvalue weighted by Crippen LogP contribution is 2.25. The second-order valence-corrected chi connectivity index (χ2v) is 9.22. The molecular weight excluding hydrogens is 418 g/mol. The second kappa shape index (κ2) is 11.7. The van der Waals surface area contributed by atoms with E-state index < -0.39 is 0 Å². The Bertz CT molecular complexity index is 1020. The van der Waals surface area contributed by atoms with Crippen LogP contribution >= 0.6 is 0 Å². The Hall–Kier alpha value is -2.30. The lowest BCUT2D eigenvalue weighted by atomic mass is 9.98. The van der Waals surface area contributed by atoms with E-state index in [2.05, 4.69) is 13.0 Å². The predicted octanol–water partition coefficient (Wildman–Crippen LogP) is 7.41. The van der Waals surface area contributed by atoms with Crippen molar-refractivity contribution in [2.45, 2.75) is 64.6 Å². The molecule has 0 aromatic heterocycles. The third-order valence-electron chi connectivity index (χ3n) is 6.62. The summed E-state index contributed by atoms with van der Waals surface area (Å²) in [4.78, 5) is 0. The van der Waals surface area contributed by atoms with Gasteiger partial charge in [-0.1, -0.05) is 68.7 Å². The minimum atomic E-state index is -0.250. The van der Waals surface area contributed by atoms with Crippen LogP contribution in [0.4, 0.5) is 8.78 Å². The Morgan fingerprint density at radius 1 is 0.788 bits per heavy atom. The van der Waals surface area contributed by atoms with E-state index >= 15 is 4.39 Å². The van der Waals surface area contributed by atoms with Crippen LogP contribution in [0.1, 0.15) is 55.7 Å². The smallest absolute Gasteiger partial charge is 0.157 e. The summed E-state index contributed by atoms with van der Waals surface area (Å²) in [5, 5.41) is 1.56. The summed E-state index contributed by atoms with van der Waals surface area (Å²) in [6.07, 6.45) is 7.73. The molecule has 0 radical (unpaired) electrons. The highest BCUT2D eigenvalue weighted by molar-refractivity contribution is 5.84. The molecule has 0 spiro atoms. The van der Waals surface area contributed by atoms with Crippen molar-refractivity contribution in [3.63, 3.8) is 0 Å². The van der Waals surface area contributed by atoms with Crippen LogP contribution in [-0.2, 0) is 28.7 Å². The molecule has 1 saturated heterocycles. The summed E-state index contributed by atoms with van der Waals surface area (Å²) in [6, 6.07) is 16.2. The number of rotatable bonds is 10. The lowest BCUT2D eigenvalue weighted by molar-refractivity contribution is -0.203. The molecule has 2 nitrogen and oxygen atoms in total. The van der Waals surface area contributed by atoms with Crippen LogP contribution in [0.2, 0.25) is 0 Å². The Kier molecular flexibility index (Phi) is 8.46. The van der Waals surface area contributed by atoms with Gasteiger partial charge < -0.3 is 9.47 Å². The van der Waals surface area contributed by atoms with Gasteiger partial charge in [-0.3, -0.25) is 0 Å². The fourth-order valence-corrected chi connectivity index (χ4v) is 4.55. The number of benzene rings is 3. The monoisotopic (exact) mass is 452 g/mol. The summed E-state index contributed by atoms with van der Waals surface area (Å²) in [5.74, 6) is 0.113. The summed E-state index contributed by atoms with van der Waals surface area (Å²) < 4.78 is 40.0. The van der Waals surface area contributed by atoms with Crippen molar-refractivity contribution in [2.75, 3.05) is 13.2 Å². The molecule has 3 aromatic carbocycles. The van der Waals surface area contributed by atoms with Crippen LogP contribution in [0.5, 0.6) is 0 Å². The molecule has 1 heterocycles. The second-order valence-electron chi connectivity index (χ2n) is 9.22. The van der Waals surface area contributed by atoms with Crippen molar-refractivity contribution in [1.29, 1.82) is 0 Å². The maximum absolute atomic E-state index is 15.1. The first-order valence-electron chi connectivity index (χ1n) is 12.3. The van der Waals surface area contributed by atoms with Gasteiger partial charge in [0.05, 0.1) is 13.2 Å². The van der Waals surface area contributed by atoms with E-state index in [4.69, 9.17) is 9.47 Å². The molecule has 176 valence electrons. The fourth-order valence-electron chi connectivity index (χ4n) is 4.55. The average Bonchev–Trinajstić information content (AvgIpc) is 2.84. The van der Waals surface area contributed by atoms with Crippen LogP contribution in [0.3, 0.4) is 0 Å². The van der Waals surface area contributed by atoms with Gasteiger partial charge in [-0.15, -0.1) is 0 Å². The quantitative estimate of drug-likeness (QED) is 0.298. The molecule has 1 aliphatic heterocycles. The molecule has 4 heteroatoms. The zero-order valence-corrected chi connectivity index (χ0v) is 19.5. The maximum atomic E-state index is 15.1. The Morgan fingerprint density at radius 2 is 1.55 bits per heavy atom. The number of unbranched alkanes of at least 4 members (excludes halogenated alkanes) is 2. The molecule has 0 bridgehead atoms. The SMILES string of the molecule is CCCCCC1COC(CCc2ccc3c(F)c(CCc4ccc(F)cc4)ccc3c2)OC1.